The number of nitrogens with zero attached hydrogens (tertiary/aromatic N) is 1. The molecule has 1 amide bonds. The van der Waals surface area contributed by atoms with Crippen LogP contribution in [0.4, 0.5) is 11.4 Å². The molecule has 0 aromatic heterocycles. The van der Waals surface area contributed by atoms with Crippen molar-refractivity contribution in [1.29, 1.82) is 0 Å². The molecule has 134 valence electrons. The number of nitrogens with one attached hydrogen (secondary N) is 1. The Morgan fingerprint density at radius 2 is 1.88 bits per heavy atom. The van der Waals surface area contributed by atoms with E-state index < -0.39 is 0 Å². The number of hydrogen-bond donors (Lipinski definition) is 1. The number of hydrogen-bond acceptors (Lipinski definition) is 5. The minimum Gasteiger partial charge on any atom is -0.454 e. The Kier molecular flexibility index (Phi) is 4.75. The Balaban J connectivity index is 1.40. The van der Waals surface area contributed by atoms with E-state index in [4.69, 9.17) is 14.2 Å². The molecule has 2 heterocycles. The average Bonchev–Trinajstić information content (AvgIpc) is 3.15. The van der Waals surface area contributed by atoms with Gasteiger partial charge in [0.05, 0.1) is 13.2 Å². The SMILES string of the molecule is O=C(C=Cc1ccc2c(c1)OCO2)Nc1cccc(N2CCOCC2)c1. The molecule has 4 rings (SSSR count). The van der Waals surface area contributed by atoms with Gasteiger partial charge in [0, 0.05) is 30.5 Å². The number of anilines is 2. The zero-order valence-corrected chi connectivity index (χ0v) is 14.3. The second kappa shape index (κ2) is 7.49. The fourth-order valence-corrected chi connectivity index (χ4v) is 2.97. The summed E-state index contributed by atoms with van der Waals surface area (Å²) in [6.45, 7) is 3.43. The van der Waals surface area contributed by atoms with E-state index in [1.165, 1.54) is 6.08 Å². The second-order valence-electron chi connectivity index (χ2n) is 6.09. The predicted octanol–water partition coefficient (Wildman–Crippen LogP) is 2.90. The quantitative estimate of drug-likeness (QED) is 0.858. The Morgan fingerprint density at radius 1 is 1.04 bits per heavy atom. The molecule has 0 saturated carbocycles. The van der Waals surface area contributed by atoms with Crippen LogP contribution in [0.3, 0.4) is 0 Å². The highest BCUT2D eigenvalue weighted by atomic mass is 16.7. The van der Waals surface area contributed by atoms with Gasteiger partial charge in [0.1, 0.15) is 0 Å². The van der Waals surface area contributed by atoms with Gasteiger partial charge in [0.25, 0.3) is 0 Å². The maximum Gasteiger partial charge on any atom is 0.248 e. The minimum absolute atomic E-state index is 0.179. The molecule has 0 atom stereocenters. The number of ether oxygens (including phenoxy) is 3. The lowest BCUT2D eigenvalue weighted by molar-refractivity contribution is -0.111. The molecule has 0 bridgehead atoms. The second-order valence-corrected chi connectivity index (χ2v) is 6.09. The number of benzene rings is 2. The summed E-state index contributed by atoms with van der Waals surface area (Å²) >= 11 is 0. The lowest BCUT2D eigenvalue weighted by Gasteiger charge is -2.29. The van der Waals surface area contributed by atoms with Gasteiger partial charge in [-0.25, -0.2) is 0 Å². The van der Waals surface area contributed by atoms with Crippen LogP contribution in [0, 0.1) is 0 Å². The summed E-state index contributed by atoms with van der Waals surface area (Å²) in [6.07, 6.45) is 3.27. The maximum atomic E-state index is 12.2. The van der Waals surface area contributed by atoms with Crippen LogP contribution in [0.2, 0.25) is 0 Å². The minimum atomic E-state index is -0.179. The van der Waals surface area contributed by atoms with Crippen LogP contribution in [0.1, 0.15) is 5.56 Å². The van der Waals surface area contributed by atoms with Crippen LogP contribution in [-0.4, -0.2) is 39.0 Å². The highest BCUT2D eigenvalue weighted by Crippen LogP contribution is 2.32. The summed E-state index contributed by atoms with van der Waals surface area (Å²) in [7, 11) is 0. The Hall–Kier alpha value is -2.99. The smallest absolute Gasteiger partial charge is 0.248 e. The van der Waals surface area contributed by atoms with Crippen LogP contribution in [0.15, 0.2) is 48.5 Å². The number of carbonyl (C=O) groups excluding carboxylic acids is 1. The molecule has 1 fully saturated rings. The van der Waals surface area contributed by atoms with E-state index in [0.717, 1.165) is 49.0 Å². The Labute approximate surface area is 152 Å². The van der Waals surface area contributed by atoms with Crippen LogP contribution in [-0.2, 0) is 9.53 Å². The first-order valence-corrected chi connectivity index (χ1v) is 8.59. The molecule has 1 N–H and O–H groups in total. The molecule has 0 unspecified atom stereocenters. The largest absolute Gasteiger partial charge is 0.454 e. The van der Waals surface area contributed by atoms with Crippen molar-refractivity contribution in [3.63, 3.8) is 0 Å². The van der Waals surface area contributed by atoms with Crippen LogP contribution >= 0.6 is 0 Å². The molecular formula is C20H20N2O4. The summed E-state index contributed by atoms with van der Waals surface area (Å²) in [4.78, 5) is 14.5. The van der Waals surface area contributed by atoms with E-state index in [1.54, 1.807) is 6.08 Å². The Morgan fingerprint density at radius 3 is 2.77 bits per heavy atom. The van der Waals surface area contributed by atoms with Gasteiger partial charge in [-0.2, -0.15) is 0 Å². The first-order chi connectivity index (χ1) is 12.8. The molecule has 26 heavy (non-hydrogen) atoms. The zero-order chi connectivity index (χ0) is 17.8. The number of amides is 1. The molecule has 6 nitrogen and oxygen atoms in total. The van der Waals surface area contributed by atoms with Crippen molar-refractivity contribution in [2.45, 2.75) is 0 Å². The molecule has 2 aromatic rings. The standard InChI is InChI=1S/C20H20N2O4/c23-20(7-5-15-4-6-18-19(12-15)26-14-25-18)21-16-2-1-3-17(13-16)22-8-10-24-11-9-22/h1-7,12-13H,8-11,14H2,(H,21,23). The van der Waals surface area contributed by atoms with Crippen molar-refractivity contribution >= 4 is 23.4 Å². The van der Waals surface area contributed by atoms with Crippen LogP contribution in [0.5, 0.6) is 11.5 Å². The van der Waals surface area contributed by atoms with Crippen molar-refractivity contribution < 1.29 is 19.0 Å². The van der Waals surface area contributed by atoms with E-state index >= 15 is 0 Å². The summed E-state index contributed by atoms with van der Waals surface area (Å²) < 4.78 is 16.0. The third kappa shape index (κ3) is 3.81. The third-order valence-corrected chi connectivity index (χ3v) is 4.31. The topological polar surface area (TPSA) is 60.0 Å². The first kappa shape index (κ1) is 16.5. The molecule has 1 saturated heterocycles. The molecule has 6 heteroatoms. The third-order valence-electron chi connectivity index (χ3n) is 4.31. The fraction of sp³-hybridized carbons (Fsp3) is 0.250. The molecule has 0 radical (unpaired) electrons. The van der Waals surface area contributed by atoms with E-state index in [-0.39, 0.29) is 12.7 Å². The number of rotatable bonds is 4. The van der Waals surface area contributed by atoms with Gasteiger partial charge in [-0.1, -0.05) is 12.1 Å². The van der Waals surface area contributed by atoms with Crippen molar-refractivity contribution in [1.82, 2.24) is 0 Å². The van der Waals surface area contributed by atoms with Gasteiger partial charge < -0.3 is 24.4 Å². The lowest BCUT2D eigenvalue weighted by atomic mass is 10.2. The van der Waals surface area contributed by atoms with Crippen molar-refractivity contribution in [3.05, 3.63) is 54.1 Å². The molecule has 0 aliphatic carbocycles. The van der Waals surface area contributed by atoms with Crippen LogP contribution in [0.25, 0.3) is 6.08 Å². The predicted molar refractivity (Wildman–Crippen MR) is 99.7 cm³/mol. The molecule has 2 aromatic carbocycles. The normalized spacial score (nSPS) is 16.1. The van der Waals surface area contributed by atoms with E-state index in [0.29, 0.717) is 5.75 Å². The molecule has 2 aliphatic rings. The van der Waals surface area contributed by atoms with Crippen LogP contribution < -0.4 is 19.7 Å². The van der Waals surface area contributed by atoms with Gasteiger partial charge in [-0.05, 0) is 42.0 Å². The maximum absolute atomic E-state index is 12.2. The van der Waals surface area contributed by atoms with Crippen molar-refractivity contribution in [2.75, 3.05) is 43.3 Å². The average molecular weight is 352 g/mol. The molecule has 2 aliphatic heterocycles. The summed E-state index contributed by atoms with van der Waals surface area (Å²) in [6, 6.07) is 13.4. The van der Waals surface area contributed by atoms with Gasteiger partial charge >= 0.3 is 0 Å². The summed E-state index contributed by atoms with van der Waals surface area (Å²) in [5.41, 5.74) is 2.74. The highest BCUT2D eigenvalue weighted by Gasteiger charge is 2.13. The zero-order valence-electron chi connectivity index (χ0n) is 14.3. The van der Waals surface area contributed by atoms with Gasteiger partial charge in [-0.3, -0.25) is 4.79 Å². The fourth-order valence-electron chi connectivity index (χ4n) is 2.97. The van der Waals surface area contributed by atoms with Crippen molar-refractivity contribution in [2.24, 2.45) is 0 Å². The van der Waals surface area contributed by atoms with E-state index in [1.807, 2.05) is 42.5 Å². The lowest BCUT2D eigenvalue weighted by Crippen LogP contribution is -2.36. The number of fused-ring (bicyclic) bond motifs is 1. The van der Waals surface area contributed by atoms with E-state index in [2.05, 4.69) is 10.2 Å². The molecule has 0 spiro atoms. The van der Waals surface area contributed by atoms with E-state index in [9.17, 15) is 4.79 Å². The van der Waals surface area contributed by atoms with Crippen molar-refractivity contribution in [3.8, 4) is 11.5 Å². The van der Waals surface area contributed by atoms with Gasteiger partial charge in [0.15, 0.2) is 11.5 Å². The van der Waals surface area contributed by atoms with Gasteiger partial charge in [-0.15, -0.1) is 0 Å². The summed E-state index contributed by atoms with van der Waals surface area (Å²) in [5, 5.41) is 2.90. The molecular weight excluding hydrogens is 332 g/mol. The number of morpholine rings is 1. The summed E-state index contributed by atoms with van der Waals surface area (Å²) in [5.74, 6) is 1.25. The Bertz CT molecular complexity index is 828. The van der Waals surface area contributed by atoms with Gasteiger partial charge in [0.2, 0.25) is 12.7 Å². The highest BCUT2D eigenvalue weighted by molar-refractivity contribution is 6.02. The monoisotopic (exact) mass is 352 g/mol. The number of carbonyl (C=O) groups is 1. The first-order valence-electron chi connectivity index (χ1n) is 8.59.